The van der Waals surface area contributed by atoms with Crippen LogP contribution in [0.3, 0.4) is 0 Å². The van der Waals surface area contributed by atoms with E-state index in [1.807, 2.05) is 33.6 Å². The van der Waals surface area contributed by atoms with E-state index in [1.165, 1.54) is 11.1 Å². The Hall–Kier alpha value is -8.92. The number of rotatable bonds is 22. The fraction of sp³-hybridized carbons (Fsp3) is 0.312. The highest BCUT2D eigenvalue weighted by Crippen LogP contribution is 2.29. The quantitative estimate of drug-likeness (QED) is 0.0351. The maximum Gasteiger partial charge on any atom is 0.240 e. The third-order valence-electron chi connectivity index (χ3n) is 13.7. The van der Waals surface area contributed by atoms with Crippen molar-refractivity contribution in [3.05, 3.63) is 192 Å². The van der Waals surface area contributed by atoms with Gasteiger partial charge in [-0.3, -0.25) is 29.1 Å². The number of primary amides is 2. The molecule has 4 aromatic heterocycles. The number of phenols is 2. The first kappa shape index (κ1) is 58.8. The summed E-state index contributed by atoms with van der Waals surface area (Å²) in [5, 5.41) is 34.2. The van der Waals surface area contributed by atoms with Crippen molar-refractivity contribution in [2.75, 3.05) is 0 Å². The fourth-order valence-corrected chi connectivity index (χ4v) is 9.06. The molecule has 4 heterocycles. The van der Waals surface area contributed by atoms with Crippen molar-refractivity contribution in [2.24, 2.45) is 11.5 Å². The number of benzene rings is 4. The molecule has 0 radical (unpaired) electrons. The van der Waals surface area contributed by atoms with Crippen molar-refractivity contribution in [1.82, 2.24) is 40.2 Å². The zero-order chi connectivity index (χ0) is 57.4. The van der Waals surface area contributed by atoms with Crippen LogP contribution in [0.15, 0.2) is 158 Å². The van der Waals surface area contributed by atoms with E-state index in [0.29, 0.717) is 12.8 Å². The van der Waals surface area contributed by atoms with E-state index < -0.39 is 23.9 Å². The molecule has 2 atom stereocenters. The zero-order valence-electron chi connectivity index (χ0n) is 46.6. The van der Waals surface area contributed by atoms with Crippen LogP contribution < -0.4 is 22.1 Å². The first-order chi connectivity index (χ1) is 38.2. The molecule has 0 fully saturated rings. The molecule has 2 unspecified atom stereocenters. The maximum absolute atomic E-state index is 12.6. The Morgan fingerprint density at radius 1 is 0.512 bits per heavy atom. The lowest BCUT2D eigenvalue weighted by molar-refractivity contribution is -0.127. The van der Waals surface area contributed by atoms with Gasteiger partial charge in [0.15, 0.2) is 0 Å². The molecule has 16 nitrogen and oxygen atoms in total. The molecular formula is C64H74N10O6. The third-order valence-corrected chi connectivity index (χ3v) is 13.7. The molecule has 0 aliphatic heterocycles. The van der Waals surface area contributed by atoms with Gasteiger partial charge in [-0.15, -0.1) is 0 Å². The summed E-state index contributed by atoms with van der Waals surface area (Å²) < 4.78 is 3.94. The number of nitrogens with zero attached hydrogens (tertiary/aromatic N) is 6. The van der Waals surface area contributed by atoms with E-state index in [4.69, 9.17) is 21.7 Å². The first-order valence-electron chi connectivity index (χ1n) is 27.1. The second-order valence-electron chi connectivity index (χ2n) is 22.1. The van der Waals surface area contributed by atoms with Gasteiger partial charge in [0.1, 0.15) is 23.6 Å². The van der Waals surface area contributed by atoms with Gasteiger partial charge in [0.25, 0.3) is 0 Å². The minimum Gasteiger partial charge on any atom is -0.508 e. The largest absolute Gasteiger partial charge is 0.508 e. The van der Waals surface area contributed by atoms with Gasteiger partial charge in [0, 0.05) is 73.0 Å². The van der Waals surface area contributed by atoms with Gasteiger partial charge >= 0.3 is 0 Å². The second kappa shape index (κ2) is 27.1. The van der Waals surface area contributed by atoms with Crippen LogP contribution in [0.1, 0.15) is 114 Å². The van der Waals surface area contributed by atoms with Crippen LogP contribution in [-0.4, -0.2) is 75.5 Å². The highest BCUT2D eigenvalue weighted by Gasteiger charge is 2.22. The lowest BCUT2D eigenvalue weighted by atomic mass is 9.87. The topological polar surface area (TPSA) is 246 Å². The number of pyridine rings is 2. The van der Waals surface area contributed by atoms with Gasteiger partial charge in [-0.2, -0.15) is 10.2 Å². The van der Waals surface area contributed by atoms with Crippen molar-refractivity contribution in [3.8, 4) is 45.4 Å². The lowest BCUT2D eigenvalue weighted by Gasteiger charge is -2.19. The Morgan fingerprint density at radius 2 is 0.925 bits per heavy atom. The summed E-state index contributed by atoms with van der Waals surface area (Å²) in [5.41, 5.74) is 23.0. The Bertz CT molecular complexity index is 3070. The smallest absolute Gasteiger partial charge is 0.240 e. The molecule has 16 heteroatoms. The number of hydrogen-bond acceptors (Lipinski definition) is 10. The Morgan fingerprint density at radius 3 is 1.30 bits per heavy atom. The summed E-state index contributed by atoms with van der Waals surface area (Å²) in [4.78, 5) is 57.5. The van der Waals surface area contributed by atoms with Crippen molar-refractivity contribution < 1.29 is 29.4 Å². The van der Waals surface area contributed by atoms with E-state index in [1.54, 1.807) is 73.3 Å². The van der Waals surface area contributed by atoms with Crippen molar-refractivity contribution in [1.29, 1.82) is 0 Å². The van der Waals surface area contributed by atoms with Crippen LogP contribution in [0.25, 0.3) is 33.9 Å². The summed E-state index contributed by atoms with van der Waals surface area (Å²) in [6.45, 7) is 13.2. The number of aryl methyl sites for hydroxylation is 2. The maximum atomic E-state index is 12.6. The monoisotopic (exact) mass is 1080 g/mol. The number of amides is 4. The van der Waals surface area contributed by atoms with Gasteiger partial charge < -0.3 is 32.3 Å². The first-order valence-corrected chi connectivity index (χ1v) is 27.1. The SMILES string of the molecule is CC(C)(C)c1ccc(-n2nc(-c3cccnc3)cc2CCCCC(=O)NC(Cc2ccc(O)cc2)C(N)=O)cc1.CC(C)(C)c1ccc(-n2nc(-c3ccncc3)cc2CCCCC(=O)NC(Cc2ccc(O)cc2)C(N)=O)cc1. The number of nitrogens with one attached hydrogen (secondary N) is 2. The Balaban J connectivity index is 0.000000231. The fourth-order valence-electron chi connectivity index (χ4n) is 9.06. The molecule has 4 aromatic carbocycles. The molecular weight excluding hydrogens is 1000 g/mol. The summed E-state index contributed by atoms with van der Waals surface area (Å²) in [5.74, 6) is -1.34. The minimum atomic E-state index is -0.809. The van der Waals surface area contributed by atoms with E-state index >= 15 is 0 Å². The van der Waals surface area contributed by atoms with Crippen molar-refractivity contribution in [3.63, 3.8) is 0 Å². The van der Waals surface area contributed by atoms with Crippen molar-refractivity contribution in [2.45, 2.75) is 129 Å². The molecule has 0 saturated heterocycles. The highest BCUT2D eigenvalue weighted by molar-refractivity contribution is 5.87. The van der Waals surface area contributed by atoms with E-state index in [2.05, 4.69) is 123 Å². The molecule has 0 aliphatic rings. The zero-order valence-corrected chi connectivity index (χ0v) is 46.6. The molecule has 0 saturated carbocycles. The van der Waals surface area contributed by atoms with E-state index in [9.17, 15) is 29.4 Å². The average Bonchev–Trinajstić information content (AvgIpc) is 4.09. The van der Waals surface area contributed by atoms with Gasteiger partial charge in [0.05, 0.1) is 22.8 Å². The van der Waals surface area contributed by atoms with Gasteiger partial charge in [-0.05, 0) is 157 Å². The summed E-state index contributed by atoms with van der Waals surface area (Å²) >= 11 is 0. The van der Waals surface area contributed by atoms with Crippen LogP contribution in [0, 0.1) is 0 Å². The number of nitrogens with two attached hydrogens (primary N) is 2. The summed E-state index contributed by atoms with van der Waals surface area (Å²) in [6, 6.07) is 40.3. The molecule has 8 N–H and O–H groups in total. The number of carbonyl (C=O) groups is 4. The van der Waals surface area contributed by atoms with Crippen LogP contribution in [0.5, 0.6) is 11.5 Å². The highest BCUT2D eigenvalue weighted by atomic mass is 16.3. The average molecular weight is 1080 g/mol. The number of hydrogen-bond donors (Lipinski definition) is 6. The summed E-state index contributed by atoms with van der Waals surface area (Å²) in [7, 11) is 0. The molecule has 80 heavy (non-hydrogen) atoms. The molecule has 0 aliphatic carbocycles. The molecule has 8 aromatic rings. The second-order valence-corrected chi connectivity index (χ2v) is 22.1. The predicted octanol–water partition coefficient (Wildman–Crippen LogP) is 9.73. The molecule has 0 bridgehead atoms. The predicted molar refractivity (Wildman–Crippen MR) is 312 cm³/mol. The normalized spacial score (nSPS) is 12.2. The van der Waals surface area contributed by atoms with Gasteiger partial charge in [-0.1, -0.05) is 90.1 Å². The van der Waals surface area contributed by atoms with Crippen LogP contribution in [0.4, 0.5) is 0 Å². The molecule has 8 rings (SSSR count). The van der Waals surface area contributed by atoms with E-state index in [-0.39, 0.29) is 59.8 Å². The Kier molecular flexibility index (Phi) is 19.9. The summed E-state index contributed by atoms with van der Waals surface area (Å²) in [6.07, 6.45) is 12.5. The standard InChI is InChI=1S/2C32H37N5O3/c1-32(2,3)24-12-14-25(15-13-24)37-26(20-28(36-37)23-7-6-18-34-21-23)8-4-5-9-30(39)35-29(31(33)40)19-22-10-16-27(38)17-11-22;1-32(2,3)24-10-12-25(13-11-24)37-26(21-28(36-37)23-16-18-34-19-17-23)6-4-5-7-30(39)35-29(31(33)40)20-22-8-14-27(38)15-9-22/h6-7,10-18,20-21,29,38H,4-5,8-9,19H2,1-3H3,(H2,33,40)(H,35,39);8-19,21,29,38H,4-7,20H2,1-3H3,(H2,33,40)(H,35,39). The van der Waals surface area contributed by atoms with Crippen LogP contribution in [-0.2, 0) is 55.7 Å². The molecule has 0 spiro atoms. The Labute approximate surface area is 468 Å². The van der Waals surface area contributed by atoms with Crippen LogP contribution >= 0.6 is 0 Å². The number of aromatic nitrogens is 6. The molecule has 416 valence electrons. The molecule has 4 amide bonds. The van der Waals surface area contributed by atoms with Crippen molar-refractivity contribution >= 4 is 23.6 Å². The van der Waals surface area contributed by atoms with E-state index in [0.717, 1.165) is 82.1 Å². The van der Waals surface area contributed by atoms with Gasteiger partial charge in [0.2, 0.25) is 23.6 Å². The number of aromatic hydroxyl groups is 2. The third kappa shape index (κ3) is 17.0. The number of phenolic OH excluding ortho intramolecular Hbond substituents is 2. The number of unbranched alkanes of at least 4 members (excludes halogenated alkanes) is 2. The lowest BCUT2D eigenvalue weighted by Crippen LogP contribution is -2.45. The minimum absolute atomic E-state index is 0.0600. The van der Waals surface area contributed by atoms with Gasteiger partial charge in [-0.25, -0.2) is 9.36 Å². The number of carbonyl (C=O) groups excluding carboxylic acids is 4. The van der Waals surface area contributed by atoms with Crippen LogP contribution in [0.2, 0.25) is 0 Å².